The third kappa shape index (κ3) is 4.57. The molecular weight excluding hydrogens is 358 g/mol. The zero-order valence-electron chi connectivity index (χ0n) is 16.4. The fourth-order valence-corrected chi connectivity index (χ4v) is 3.59. The first-order chi connectivity index (χ1) is 13.7. The van der Waals surface area contributed by atoms with Crippen LogP contribution in [0.3, 0.4) is 0 Å². The number of carbonyl (C=O) groups excluding carboxylic acids is 1. The van der Waals surface area contributed by atoms with E-state index in [9.17, 15) is 4.79 Å². The number of ether oxygens (including phenoxy) is 4. The maximum absolute atomic E-state index is 12.4. The van der Waals surface area contributed by atoms with Crippen LogP contribution in [-0.2, 0) is 14.9 Å². The van der Waals surface area contributed by atoms with E-state index in [1.165, 1.54) is 0 Å². The second kappa shape index (κ2) is 9.46. The average Bonchev–Trinajstić information content (AvgIpc) is 2.77. The number of para-hydroxylation sites is 3. The summed E-state index contributed by atoms with van der Waals surface area (Å²) < 4.78 is 22.0. The third-order valence-corrected chi connectivity index (χ3v) is 5.18. The molecule has 2 aromatic rings. The highest BCUT2D eigenvalue weighted by Gasteiger charge is 2.37. The quantitative estimate of drug-likeness (QED) is 0.757. The van der Waals surface area contributed by atoms with Gasteiger partial charge in [-0.25, -0.2) is 0 Å². The Bertz CT molecular complexity index is 786. The fraction of sp³-hybridized carbons (Fsp3) is 0.409. The van der Waals surface area contributed by atoms with Crippen LogP contribution in [0.25, 0.3) is 0 Å². The van der Waals surface area contributed by atoms with Crippen LogP contribution < -0.4 is 19.5 Å². The number of benzene rings is 2. The summed E-state index contributed by atoms with van der Waals surface area (Å²) in [4.78, 5) is 12.4. The van der Waals surface area contributed by atoms with Crippen LogP contribution in [-0.4, -0.2) is 46.5 Å². The van der Waals surface area contributed by atoms with Crippen LogP contribution >= 0.6 is 0 Å². The molecular formula is C22H27NO5. The molecule has 1 heterocycles. The Morgan fingerprint density at radius 3 is 2.25 bits per heavy atom. The normalized spacial score (nSPS) is 15.5. The molecule has 0 unspecified atom stereocenters. The first kappa shape index (κ1) is 20.0. The van der Waals surface area contributed by atoms with Crippen LogP contribution in [0, 0.1) is 0 Å². The van der Waals surface area contributed by atoms with Gasteiger partial charge in [-0.3, -0.25) is 4.79 Å². The van der Waals surface area contributed by atoms with Gasteiger partial charge in [0.15, 0.2) is 18.1 Å². The first-order valence-corrected chi connectivity index (χ1v) is 9.42. The smallest absolute Gasteiger partial charge is 0.257 e. The van der Waals surface area contributed by atoms with E-state index in [-0.39, 0.29) is 17.9 Å². The van der Waals surface area contributed by atoms with Gasteiger partial charge in [-0.2, -0.15) is 0 Å². The third-order valence-electron chi connectivity index (χ3n) is 5.18. The van der Waals surface area contributed by atoms with E-state index in [1.54, 1.807) is 26.4 Å². The van der Waals surface area contributed by atoms with E-state index in [1.807, 2.05) is 30.3 Å². The zero-order valence-corrected chi connectivity index (χ0v) is 16.4. The Labute approximate surface area is 165 Å². The fourth-order valence-electron chi connectivity index (χ4n) is 3.59. The van der Waals surface area contributed by atoms with Crippen molar-refractivity contribution in [1.29, 1.82) is 0 Å². The van der Waals surface area contributed by atoms with Crippen molar-refractivity contribution in [2.24, 2.45) is 0 Å². The Hall–Kier alpha value is -2.73. The van der Waals surface area contributed by atoms with Crippen molar-refractivity contribution in [3.8, 4) is 17.2 Å². The van der Waals surface area contributed by atoms with Gasteiger partial charge in [0.25, 0.3) is 5.91 Å². The molecule has 3 rings (SSSR count). The summed E-state index contributed by atoms with van der Waals surface area (Å²) in [6, 6.07) is 15.3. The van der Waals surface area contributed by atoms with Crippen molar-refractivity contribution in [1.82, 2.24) is 5.32 Å². The summed E-state index contributed by atoms with van der Waals surface area (Å²) >= 11 is 0. The molecule has 6 heteroatoms. The molecule has 0 saturated carbocycles. The van der Waals surface area contributed by atoms with Gasteiger partial charge in [-0.1, -0.05) is 30.3 Å². The van der Waals surface area contributed by atoms with Crippen LogP contribution in [0.2, 0.25) is 0 Å². The lowest BCUT2D eigenvalue weighted by Gasteiger charge is -2.38. The topological polar surface area (TPSA) is 66.0 Å². The molecule has 0 aliphatic carbocycles. The molecule has 2 aromatic carbocycles. The molecule has 0 radical (unpaired) electrons. The maximum atomic E-state index is 12.4. The second-order valence-corrected chi connectivity index (χ2v) is 6.81. The summed E-state index contributed by atoms with van der Waals surface area (Å²) in [5.74, 6) is 1.81. The van der Waals surface area contributed by atoms with Gasteiger partial charge in [-0.15, -0.1) is 0 Å². The standard InChI is InChI=1S/C22H27NO5/c1-25-18-8-4-3-7-17(18)22(11-13-27-14-12-22)16-23-21(24)15-28-20-10-6-5-9-19(20)26-2/h3-10H,11-16H2,1-2H3,(H,23,24). The van der Waals surface area contributed by atoms with Gasteiger partial charge in [0.05, 0.1) is 14.2 Å². The maximum Gasteiger partial charge on any atom is 0.257 e. The Kier molecular flexibility index (Phi) is 6.76. The summed E-state index contributed by atoms with van der Waals surface area (Å²) in [6.45, 7) is 1.75. The van der Waals surface area contributed by atoms with E-state index >= 15 is 0 Å². The highest BCUT2D eigenvalue weighted by atomic mass is 16.5. The summed E-state index contributed by atoms with van der Waals surface area (Å²) in [5, 5.41) is 3.03. The van der Waals surface area contributed by atoms with Gasteiger partial charge in [0.2, 0.25) is 0 Å². The van der Waals surface area contributed by atoms with Crippen molar-refractivity contribution in [3.63, 3.8) is 0 Å². The minimum absolute atomic E-state index is 0.0706. The Morgan fingerprint density at radius 2 is 1.57 bits per heavy atom. The van der Waals surface area contributed by atoms with Gasteiger partial charge in [0.1, 0.15) is 5.75 Å². The van der Waals surface area contributed by atoms with Crippen molar-refractivity contribution in [3.05, 3.63) is 54.1 Å². The van der Waals surface area contributed by atoms with Crippen molar-refractivity contribution in [2.45, 2.75) is 18.3 Å². The van der Waals surface area contributed by atoms with E-state index < -0.39 is 0 Å². The van der Waals surface area contributed by atoms with E-state index in [2.05, 4.69) is 11.4 Å². The molecule has 28 heavy (non-hydrogen) atoms. The summed E-state index contributed by atoms with van der Waals surface area (Å²) in [5.41, 5.74) is 0.886. The molecule has 0 aromatic heterocycles. The minimum Gasteiger partial charge on any atom is -0.496 e. The number of hydrogen-bond acceptors (Lipinski definition) is 5. The number of methoxy groups -OCH3 is 2. The lowest BCUT2D eigenvalue weighted by molar-refractivity contribution is -0.123. The molecule has 6 nitrogen and oxygen atoms in total. The lowest BCUT2D eigenvalue weighted by atomic mass is 9.73. The van der Waals surface area contributed by atoms with E-state index in [4.69, 9.17) is 18.9 Å². The van der Waals surface area contributed by atoms with Crippen LogP contribution in [0.5, 0.6) is 17.2 Å². The molecule has 150 valence electrons. The molecule has 0 bridgehead atoms. The van der Waals surface area contributed by atoms with E-state index in [0.29, 0.717) is 31.3 Å². The molecule has 1 saturated heterocycles. The largest absolute Gasteiger partial charge is 0.496 e. The molecule has 0 spiro atoms. The van der Waals surface area contributed by atoms with Gasteiger partial charge < -0.3 is 24.3 Å². The number of nitrogens with one attached hydrogen (secondary N) is 1. The van der Waals surface area contributed by atoms with E-state index in [0.717, 1.165) is 24.2 Å². The van der Waals surface area contributed by atoms with Gasteiger partial charge >= 0.3 is 0 Å². The Balaban J connectivity index is 1.66. The molecule has 1 aliphatic heterocycles. The SMILES string of the molecule is COc1ccccc1OCC(=O)NCC1(c2ccccc2OC)CCOCC1. The molecule has 1 aliphatic rings. The summed E-state index contributed by atoms with van der Waals surface area (Å²) in [7, 11) is 3.25. The Morgan fingerprint density at radius 1 is 0.964 bits per heavy atom. The lowest BCUT2D eigenvalue weighted by Crippen LogP contribution is -2.45. The van der Waals surface area contributed by atoms with Gasteiger partial charge in [-0.05, 0) is 31.0 Å². The monoisotopic (exact) mass is 385 g/mol. The second-order valence-electron chi connectivity index (χ2n) is 6.81. The number of amides is 1. The number of rotatable bonds is 8. The van der Waals surface area contributed by atoms with Crippen LogP contribution in [0.4, 0.5) is 0 Å². The predicted molar refractivity (Wildman–Crippen MR) is 106 cm³/mol. The molecule has 1 N–H and O–H groups in total. The average molecular weight is 385 g/mol. The highest BCUT2D eigenvalue weighted by Crippen LogP contribution is 2.39. The first-order valence-electron chi connectivity index (χ1n) is 9.42. The summed E-state index contributed by atoms with van der Waals surface area (Å²) in [6.07, 6.45) is 1.64. The molecule has 1 fully saturated rings. The van der Waals surface area contributed by atoms with Crippen molar-refractivity contribution >= 4 is 5.91 Å². The molecule has 0 atom stereocenters. The van der Waals surface area contributed by atoms with Gasteiger partial charge in [0, 0.05) is 30.7 Å². The minimum atomic E-state index is -0.217. The number of hydrogen-bond donors (Lipinski definition) is 1. The molecule has 1 amide bonds. The predicted octanol–water partition coefficient (Wildman–Crippen LogP) is 2.95. The zero-order chi connectivity index (χ0) is 19.8. The highest BCUT2D eigenvalue weighted by molar-refractivity contribution is 5.77. The van der Waals surface area contributed by atoms with Crippen molar-refractivity contribution in [2.75, 3.05) is 40.6 Å². The number of carbonyl (C=O) groups is 1. The van der Waals surface area contributed by atoms with Crippen molar-refractivity contribution < 1.29 is 23.7 Å². The van der Waals surface area contributed by atoms with Crippen LogP contribution in [0.1, 0.15) is 18.4 Å². The van der Waals surface area contributed by atoms with Crippen LogP contribution in [0.15, 0.2) is 48.5 Å².